The fourth-order valence-corrected chi connectivity index (χ4v) is 3.44. The van der Waals surface area contributed by atoms with E-state index in [0.717, 1.165) is 10.7 Å². The van der Waals surface area contributed by atoms with Crippen LogP contribution in [0.2, 0.25) is 0 Å². The van der Waals surface area contributed by atoms with E-state index in [9.17, 15) is 13.2 Å². The molecular weight excluding hydrogens is 394 g/mol. The molecule has 0 fully saturated rings. The topological polar surface area (TPSA) is 63.7 Å². The molecule has 0 aliphatic heterocycles. The van der Waals surface area contributed by atoms with Crippen LogP contribution in [-0.4, -0.2) is 33.6 Å². The number of carbonyl (C=O) groups is 1. The van der Waals surface area contributed by atoms with E-state index in [1.165, 1.54) is 11.2 Å². The first-order chi connectivity index (χ1) is 11.3. The van der Waals surface area contributed by atoms with Gasteiger partial charge in [0.1, 0.15) is 12.4 Å². The van der Waals surface area contributed by atoms with E-state index in [-0.39, 0.29) is 18.9 Å². The van der Waals surface area contributed by atoms with Gasteiger partial charge < -0.3 is 4.74 Å². The lowest BCUT2D eigenvalue weighted by atomic mass is 10.1. The molecule has 5 nitrogen and oxygen atoms in total. The maximum atomic E-state index is 12.0. The number of anilines is 1. The van der Waals surface area contributed by atoms with Gasteiger partial charge in [0.25, 0.3) is 0 Å². The van der Waals surface area contributed by atoms with Crippen LogP contribution < -0.4 is 9.04 Å². The zero-order valence-corrected chi connectivity index (χ0v) is 15.8. The van der Waals surface area contributed by atoms with Crippen molar-refractivity contribution in [3.8, 4) is 5.75 Å². The van der Waals surface area contributed by atoms with Crippen LogP contribution >= 0.6 is 15.9 Å². The Hall–Kier alpha value is -1.86. The Labute approximate surface area is 150 Å². The first kappa shape index (κ1) is 18.5. The van der Waals surface area contributed by atoms with Crippen LogP contribution in [0.1, 0.15) is 17.3 Å². The summed E-state index contributed by atoms with van der Waals surface area (Å²) in [6.45, 7) is 1.85. The molecule has 2 aromatic carbocycles. The van der Waals surface area contributed by atoms with Crippen molar-refractivity contribution in [1.29, 1.82) is 0 Å². The molecule has 0 aliphatic rings. The summed E-state index contributed by atoms with van der Waals surface area (Å²) in [7, 11) is -3.45. The van der Waals surface area contributed by atoms with Gasteiger partial charge in [0, 0.05) is 10.0 Å². The Bertz CT molecular complexity index is 819. The molecule has 24 heavy (non-hydrogen) atoms. The molecule has 0 saturated carbocycles. The zero-order chi connectivity index (χ0) is 17.7. The number of sulfonamides is 1. The molecule has 0 radical (unpaired) electrons. The van der Waals surface area contributed by atoms with Gasteiger partial charge in [-0.15, -0.1) is 0 Å². The fraction of sp³-hybridized carbons (Fsp3) is 0.235. The highest BCUT2D eigenvalue weighted by Crippen LogP contribution is 2.20. The van der Waals surface area contributed by atoms with Crippen molar-refractivity contribution in [2.24, 2.45) is 0 Å². The molecule has 0 aromatic heterocycles. The quantitative estimate of drug-likeness (QED) is 0.654. The molecular formula is C17H18BrNO4S. The second-order valence-corrected chi connectivity index (χ2v) is 8.07. The van der Waals surface area contributed by atoms with Gasteiger partial charge in [-0.25, -0.2) is 8.42 Å². The van der Waals surface area contributed by atoms with Crippen LogP contribution in [0.15, 0.2) is 53.0 Å². The van der Waals surface area contributed by atoms with Crippen LogP contribution in [-0.2, 0) is 10.0 Å². The maximum Gasteiger partial charge on any atom is 0.232 e. The first-order valence-corrected chi connectivity index (χ1v) is 9.88. The lowest BCUT2D eigenvalue weighted by Gasteiger charge is -2.22. The lowest BCUT2D eigenvalue weighted by molar-refractivity contribution is 0.101. The second kappa shape index (κ2) is 7.81. The van der Waals surface area contributed by atoms with E-state index in [0.29, 0.717) is 17.0 Å². The number of ketones is 1. The van der Waals surface area contributed by atoms with Crippen molar-refractivity contribution < 1.29 is 17.9 Å². The monoisotopic (exact) mass is 411 g/mol. The molecule has 0 N–H and O–H groups in total. The number of rotatable bonds is 7. The van der Waals surface area contributed by atoms with Gasteiger partial charge in [-0.3, -0.25) is 9.10 Å². The number of halogens is 1. The van der Waals surface area contributed by atoms with Crippen molar-refractivity contribution >= 4 is 37.4 Å². The molecule has 128 valence electrons. The summed E-state index contributed by atoms with van der Waals surface area (Å²) >= 11 is 3.36. The van der Waals surface area contributed by atoms with Gasteiger partial charge in [0.2, 0.25) is 10.0 Å². The molecule has 0 spiro atoms. The van der Waals surface area contributed by atoms with Gasteiger partial charge in [0.05, 0.1) is 18.5 Å². The van der Waals surface area contributed by atoms with Crippen LogP contribution in [0.4, 0.5) is 5.69 Å². The predicted molar refractivity (Wildman–Crippen MR) is 98.3 cm³/mol. The highest BCUT2D eigenvalue weighted by Gasteiger charge is 2.17. The Morgan fingerprint density at radius 1 is 1.17 bits per heavy atom. The van der Waals surface area contributed by atoms with E-state index in [2.05, 4.69) is 15.9 Å². The molecule has 0 saturated heterocycles. The van der Waals surface area contributed by atoms with Crippen LogP contribution in [0.3, 0.4) is 0 Å². The Morgan fingerprint density at radius 3 is 2.38 bits per heavy atom. The molecule has 2 aromatic rings. The number of ether oxygens (including phenoxy) is 1. The summed E-state index contributed by atoms with van der Waals surface area (Å²) in [5.41, 5.74) is 1.04. The highest BCUT2D eigenvalue weighted by atomic mass is 79.9. The molecule has 0 aliphatic carbocycles. The highest BCUT2D eigenvalue weighted by molar-refractivity contribution is 9.10. The SMILES string of the molecule is CC(=O)c1ccc(N(CCOc2cccc(Br)c2)S(C)(=O)=O)cc1. The summed E-state index contributed by atoms with van der Waals surface area (Å²) in [6, 6.07) is 13.8. The van der Waals surface area contributed by atoms with E-state index < -0.39 is 10.0 Å². The summed E-state index contributed by atoms with van der Waals surface area (Å²) in [5, 5.41) is 0. The van der Waals surface area contributed by atoms with Crippen LogP contribution in [0.25, 0.3) is 0 Å². The van der Waals surface area contributed by atoms with Crippen molar-refractivity contribution in [3.05, 3.63) is 58.6 Å². The molecule has 0 heterocycles. The number of carbonyl (C=O) groups excluding carboxylic acids is 1. The zero-order valence-electron chi connectivity index (χ0n) is 13.4. The number of Topliss-reactive ketones (excluding diaryl/α,β-unsaturated/α-hetero) is 1. The van der Waals surface area contributed by atoms with Crippen molar-refractivity contribution in [3.63, 3.8) is 0 Å². The minimum Gasteiger partial charge on any atom is -0.492 e. The van der Waals surface area contributed by atoms with Crippen LogP contribution in [0, 0.1) is 0 Å². The van der Waals surface area contributed by atoms with Gasteiger partial charge >= 0.3 is 0 Å². The van der Waals surface area contributed by atoms with Gasteiger partial charge in [0.15, 0.2) is 5.78 Å². The van der Waals surface area contributed by atoms with Gasteiger partial charge in [-0.1, -0.05) is 22.0 Å². The number of hydrogen-bond donors (Lipinski definition) is 0. The lowest BCUT2D eigenvalue weighted by Crippen LogP contribution is -2.33. The van der Waals surface area contributed by atoms with Crippen molar-refractivity contribution in [2.45, 2.75) is 6.92 Å². The third kappa shape index (κ3) is 5.07. The van der Waals surface area contributed by atoms with Gasteiger partial charge in [-0.2, -0.15) is 0 Å². The average molecular weight is 412 g/mol. The van der Waals surface area contributed by atoms with E-state index in [1.807, 2.05) is 18.2 Å². The third-order valence-corrected chi connectivity index (χ3v) is 5.01. The van der Waals surface area contributed by atoms with E-state index in [4.69, 9.17) is 4.74 Å². The normalized spacial score (nSPS) is 11.1. The number of benzene rings is 2. The second-order valence-electron chi connectivity index (χ2n) is 5.24. The van der Waals surface area contributed by atoms with Crippen molar-refractivity contribution in [1.82, 2.24) is 0 Å². The standard InChI is InChI=1S/C17H18BrNO4S/c1-13(20)14-6-8-16(9-7-14)19(24(2,21)22)10-11-23-17-5-3-4-15(18)12-17/h3-9,12H,10-11H2,1-2H3. The fourth-order valence-electron chi connectivity index (χ4n) is 2.15. The predicted octanol–water partition coefficient (Wildman–Crippen LogP) is 3.50. The maximum absolute atomic E-state index is 12.0. The third-order valence-electron chi connectivity index (χ3n) is 3.32. The van der Waals surface area contributed by atoms with E-state index >= 15 is 0 Å². The summed E-state index contributed by atoms with van der Waals surface area (Å²) < 4.78 is 31.8. The molecule has 0 amide bonds. The Balaban J connectivity index is 2.10. The number of nitrogens with zero attached hydrogens (tertiary/aromatic N) is 1. The number of hydrogen-bond acceptors (Lipinski definition) is 4. The molecule has 7 heteroatoms. The molecule has 0 bridgehead atoms. The summed E-state index contributed by atoms with van der Waals surface area (Å²) in [4.78, 5) is 11.3. The molecule has 0 atom stereocenters. The molecule has 2 rings (SSSR count). The van der Waals surface area contributed by atoms with Crippen molar-refractivity contribution in [2.75, 3.05) is 23.7 Å². The minimum atomic E-state index is -3.45. The minimum absolute atomic E-state index is 0.0644. The average Bonchev–Trinajstić information content (AvgIpc) is 2.50. The van der Waals surface area contributed by atoms with Gasteiger partial charge in [-0.05, 0) is 49.4 Å². The summed E-state index contributed by atoms with van der Waals surface area (Å²) in [6.07, 6.45) is 1.14. The summed E-state index contributed by atoms with van der Waals surface area (Å²) in [5.74, 6) is 0.593. The largest absolute Gasteiger partial charge is 0.492 e. The van der Waals surface area contributed by atoms with E-state index in [1.54, 1.807) is 30.3 Å². The first-order valence-electron chi connectivity index (χ1n) is 7.24. The molecule has 0 unspecified atom stereocenters. The van der Waals surface area contributed by atoms with Crippen LogP contribution in [0.5, 0.6) is 5.75 Å². The Kier molecular flexibility index (Phi) is 6.01. The Morgan fingerprint density at radius 2 is 1.83 bits per heavy atom. The smallest absolute Gasteiger partial charge is 0.232 e.